The van der Waals surface area contributed by atoms with Crippen LogP contribution in [0.25, 0.3) is 0 Å². The highest BCUT2D eigenvalue weighted by atomic mass is 15.3. The first-order chi connectivity index (χ1) is 11.1. The lowest BCUT2D eigenvalue weighted by Crippen LogP contribution is -2.47. The van der Waals surface area contributed by atoms with Crippen molar-refractivity contribution in [1.29, 1.82) is 0 Å². The van der Waals surface area contributed by atoms with E-state index in [0.29, 0.717) is 0 Å². The summed E-state index contributed by atoms with van der Waals surface area (Å²) in [6, 6.07) is 1.86. The van der Waals surface area contributed by atoms with Crippen molar-refractivity contribution in [3.05, 3.63) is 18.5 Å². The van der Waals surface area contributed by atoms with E-state index in [9.17, 15) is 0 Å². The van der Waals surface area contributed by atoms with Crippen LogP contribution < -0.4 is 4.90 Å². The fraction of sp³-hybridized carbons (Fsp3) is 0.688. The number of piperazine rings is 1. The summed E-state index contributed by atoms with van der Waals surface area (Å²) in [5, 5.41) is 0. The third kappa shape index (κ3) is 5.35. The van der Waals surface area contributed by atoms with E-state index < -0.39 is 0 Å². The van der Waals surface area contributed by atoms with Gasteiger partial charge >= 0.3 is 0 Å². The molecule has 1 aliphatic rings. The molecule has 0 unspecified atom stereocenters. The Balaban J connectivity index is 1.70. The van der Waals surface area contributed by atoms with Gasteiger partial charge in [-0.25, -0.2) is 9.97 Å². The molecule has 1 fully saturated rings. The van der Waals surface area contributed by atoms with E-state index in [1.165, 1.54) is 0 Å². The maximum absolute atomic E-state index is 4.68. The first-order valence-corrected chi connectivity index (χ1v) is 8.21. The van der Waals surface area contributed by atoms with Gasteiger partial charge in [-0.3, -0.25) is 9.89 Å². The second-order valence-electron chi connectivity index (χ2n) is 6.20. The molecule has 23 heavy (non-hydrogen) atoms. The van der Waals surface area contributed by atoms with Gasteiger partial charge in [0, 0.05) is 79.9 Å². The van der Waals surface area contributed by atoms with Gasteiger partial charge in [-0.2, -0.15) is 0 Å². The van der Waals surface area contributed by atoms with Gasteiger partial charge in [0.2, 0.25) is 5.95 Å². The smallest absolute Gasteiger partial charge is 0.225 e. The van der Waals surface area contributed by atoms with Crippen molar-refractivity contribution in [3.63, 3.8) is 0 Å². The average Bonchev–Trinajstić information content (AvgIpc) is 2.55. The van der Waals surface area contributed by atoms with Crippen LogP contribution in [0.3, 0.4) is 0 Å². The highest BCUT2D eigenvalue weighted by Gasteiger charge is 2.18. The number of nitrogens with zero attached hydrogens (tertiary/aromatic N) is 7. The van der Waals surface area contributed by atoms with Crippen molar-refractivity contribution in [2.24, 2.45) is 4.99 Å². The molecule has 0 bridgehead atoms. The maximum atomic E-state index is 4.68. The van der Waals surface area contributed by atoms with Crippen molar-refractivity contribution in [1.82, 2.24) is 24.7 Å². The van der Waals surface area contributed by atoms with Crippen LogP contribution in [0.1, 0.15) is 6.42 Å². The molecule has 7 heteroatoms. The van der Waals surface area contributed by atoms with E-state index in [-0.39, 0.29) is 0 Å². The molecule has 1 aliphatic heterocycles. The molecule has 0 amide bonds. The second-order valence-corrected chi connectivity index (χ2v) is 6.20. The van der Waals surface area contributed by atoms with Crippen molar-refractivity contribution in [2.45, 2.75) is 6.42 Å². The SMILES string of the molecule is CN(C)C(=NCCCN1CCN(c2ncccn2)CC1)N(C)C. The van der Waals surface area contributed by atoms with Crippen molar-refractivity contribution in [3.8, 4) is 0 Å². The molecule has 1 saturated heterocycles. The second kappa shape index (κ2) is 8.67. The normalized spacial score (nSPS) is 15.4. The fourth-order valence-electron chi connectivity index (χ4n) is 2.78. The summed E-state index contributed by atoms with van der Waals surface area (Å²) >= 11 is 0. The summed E-state index contributed by atoms with van der Waals surface area (Å²) in [6.45, 7) is 6.09. The number of hydrogen-bond acceptors (Lipinski definition) is 5. The molecular formula is C16H29N7. The van der Waals surface area contributed by atoms with E-state index in [2.05, 4.69) is 34.6 Å². The molecule has 0 aromatic carbocycles. The van der Waals surface area contributed by atoms with E-state index in [0.717, 1.165) is 57.6 Å². The first kappa shape index (κ1) is 17.5. The van der Waals surface area contributed by atoms with Crippen LogP contribution in [0, 0.1) is 0 Å². The summed E-state index contributed by atoms with van der Waals surface area (Å²) in [4.78, 5) is 22.2. The van der Waals surface area contributed by atoms with Crippen molar-refractivity contribution >= 4 is 11.9 Å². The zero-order chi connectivity index (χ0) is 16.7. The lowest BCUT2D eigenvalue weighted by Gasteiger charge is -2.34. The van der Waals surface area contributed by atoms with Crippen LogP contribution in [0.4, 0.5) is 5.95 Å². The minimum absolute atomic E-state index is 0.846. The van der Waals surface area contributed by atoms with Gasteiger partial charge in [-0.15, -0.1) is 0 Å². The van der Waals surface area contributed by atoms with E-state index >= 15 is 0 Å². The minimum atomic E-state index is 0.846. The highest BCUT2D eigenvalue weighted by molar-refractivity contribution is 5.79. The van der Waals surface area contributed by atoms with Gasteiger partial charge in [0.15, 0.2) is 5.96 Å². The van der Waals surface area contributed by atoms with E-state index in [4.69, 9.17) is 0 Å². The molecule has 1 aromatic heterocycles. The fourth-order valence-corrected chi connectivity index (χ4v) is 2.78. The third-order valence-electron chi connectivity index (χ3n) is 3.89. The lowest BCUT2D eigenvalue weighted by molar-refractivity contribution is 0.255. The maximum Gasteiger partial charge on any atom is 0.225 e. The van der Waals surface area contributed by atoms with Crippen LogP contribution in [-0.2, 0) is 0 Å². The van der Waals surface area contributed by atoms with Crippen LogP contribution in [0.5, 0.6) is 0 Å². The largest absolute Gasteiger partial charge is 0.349 e. The predicted octanol–water partition coefficient (Wildman–Crippen LogP) is 0.468. The summed E-state index contributed by atoms with van der Waals surface area (Å²) in [5.41, 5.74) is 0. The Kier molecular flexibility index (Phi) is 6.58. The van der Waals surface area contributed by atoms with Crippen LogP contribution >= 0.6 is 0 Å². The Morgan fingerprint density at radius 3 is 2.22 bits per heavy atom. The molecule has 0 spiro atoms. The number of aromatic nitrogens is 2. The Labute approximate surface area is 139 Å². The molecule has 0 aliphatic carbocycles. The number of anilines is 1. The van der Waals surface area contributed by atoms with E-state index in [1.54, 1.807) is 12.4 Å². The summed E-state index contributed by atoms with van der Waals surface area (Å²) in [5.74, 6) is 1.87. The Morgan fingerprint density at radius 1 is 1.04 bits per heavy atom. The Morgan fingerprint density at radius 2 is 1.65 bits per heavy atom. The Bertz CT molecular complexity index is 468. The first-order valence-electron chi connectivity index (χ1n) is 8.21. The summed E-state index contributed by atoms with van der Waals surface area (Å²) in [6.07, 6.45) is 4.70. The molecule has 2 heterocycles. The standard InChI is InChI=1S/C16H29N7/c1-20(2)16(21(3)4)19-9-6-10-22-11-13-23(14-12-22)15-17-7-5-8-18-15/h5,7-8H,6,9-14H2,1-4H3. The molecule has 128 valence electrons. The molecule has 0 atom stereocenters. The minimum Gasteiger partial charge on any atom is -0.349 e. The monoisotopic (exact) mass is 319 g/mol. The van der Waals surface area contributed by atoms with Gasteiger partial charge in [-0.05, 0) is 12.5 Å². The van der Waals surface area contributed by atoms with E-state index in [1.807, 2.05) is 34.3 Å². The molecule has 0 N–H and O–H groups in total. The van der Waals surface area contributed by atoms with Gasteiger partial charge in [0.1, 0.15) is 0 Å². The number of rotatable bonds is 5. The number of hydrogen-bond donors (Lipinski definition) is 0. The summed E-state index contributed by atoms with van der Waals surface area (Å²) in [7, 11) is 8.13. The molecule has 0 radical (unpaired) electrons. The zero-order valence-electron chi connectivity index (χ0n) is 14.8. The highest BCUT2D eigenvalue weighted by Crippen LogP contribution is 2.09. The van der Waals surface area contributed by atoms with Gasteiger partial charge in [0.25, 0.3) is 0 Å². The number of guanidine groups is 1. The van der Waals surface area contributed by atoms with Crippen LogP contribution in [0.2, 0.25) is 0 Å². The quantitative estimate of drug-likeness (QED) is 0.447. The topological polar surface area (TPSA) is 51.1 Å². The zero-order valence-corrected chi connectivity index (χ0v) is 14.8. The van der Waals surface area contributed by atoms with Gasteiger partial charge < -0.3 is 14.7 Å². The predicted molar refractivity (Wildman–Crippen MR) is 95.0 cm³/mol. The van der Waals surface area contributed by atoms with Gasteiger partial charge in [-0.1, -0.05) is 0 Å². The average molecular weight is 319 g/mol. The van der Waals surface area contributed by atoms with Crippen molar-refractivity contribution < 1.29 is 0 Å². The van der Waals surface area contributed by atoms with Gasteiger partial charge in [0.05, 0.1) is 0 Å². The lowest BCUT2D eigenvalue weighted by atomic mass is 10.3. The van der Waals surface area contributed by atoms with Crippen LogP contribution in [0.15, 0.2) is 23.5 Å². The number of aliphatic imine (C=N–C) groups is 1. The van der Waals surface area contributed by atoms with Crippen molar-refractivity contribution in [2.75, 3.05) is 72.4 Å². The molecule has 2 rings (SSSR count). The molecule has 1 aromatic rings. The third-order valence-corrected chi connectivity index (χ3v) is 3.89. The Hall–Kier alpha value is -1.89. The summed E-state index contributed by atoms with van der Waals surface area (Å²) < 4.78 is 0. The molecule has 0 saturated carbocycles. The molecular weight excluding hydrogens is 290 g/mol. The van der Waals surface area contributed by atoms with Crippen LogP contribution in [-0.4, -0.2) is 98.1 Å². The molecule has 7 nitrogen and oxygen atoms in total.